The van der Waals surface area contributed by atoms with Crippen molar-refractivity contribution in [1.82, 2.24) is 5.32 Å². The first-order valence-corrected chi connectivity index (χ1v) is 7.53. The highest BCUT2D eigenvalue weighted by Gasteiger charge is 2.11. The van der Waals surface area contributed by atoms with Crippen LogP contribution in [0.25, 0.3) is 0 Å². The zero-order valence-corrected chi connectivity index (χ0v) is 13.5. The number of nitrogens with one attached hydrogen (secondary N) is 1. The Balaban J connectivity index is 2.48. The van der Waals surface area contributed by atoms with Gasteiger partial charge in [-0.1, -0.05) is 32.8 Å². The topological polar surface area (TPSA) is 30.5 Å². The molecule has 0 aliphatic heterocycles. The molecular weight excluding hydrogens is 250 g/mol. The van der Waals surface area contributed by atoms with Gasteiger partial charge in [0.05, 0.1) is 14.2 Å². The summed E-state index contributed by atoms with van der Waals surface area (Å²) in [5.74, 6) is 2.51. The Morgan fingerprint density at radius 1 is 1.05 bits per heavy atom. The Morgan fingerprint density at radius 2 is 1.80 bits per heavy atom. The van der Waals surface area contributed by atoms with Gasteiger partial charge < -0.3 is 14.8 Å². The normalized spacial score (nSPS) is 12.5. The van der Waals surface area contributed by atoms with E-state index in [1.807, 2.05) is 12.1 Å². The summed E-state index contributed by atoms with van der Waals surface area (Å²) in [6, 6.07) is 6.28. The van der Waals surface area contributed by atoms with E-state index >= 15 is 0 Å². The van der Waals surface area contributed by atoms with Crippen LogP contribution in [0.3, 0.4) is 0 Å². The van der Waals surface area contributed by atoms with Crippen LogP contribution in [0.4, 0.5) is 0 Å². The SMILES string of the molecule is COc1ccc(C(C)NCCCCC(C)C)c(OC)c1. The molecule has 0 heterocycles. The first kappa shape index (κ1) is 16.8. The highest BCUT2D eigenvalue weighted by atomic mass is 16.5. The number of ether oxygens (including phenoxy) is 2. The van der Waals surface area contributed by atoms with Gasteiger partial charge in [0.2, 0.25) is 0 Å². The van der Waals surface area contributed by atoms with Crippen LogP contribution in [0.5, 0.6) is 11.5 Å². The summed E-state index contributed by atoms with van der Waals surface area (Å²) in [6.07, 6.45) is 3.82. The van der Waals surface area contributed by atoms with Gasteiger partial charge in [-0.25, -0.2) is 0 Å². The van der Waals surface area contributed by atoms with E-state index in [1.165, 1.54) is 24.8 Å². The summed E-state index contributed by atoms with van der Waals surface area (Å²) in [5.41, 5.74) is 1.18. The Hall–Kier alpha value is -1.22. The minimum Gasteiger partial charge on any atom is -0.497 e. The van der Waals surface area contributed by atoms with E-state index in [1.54, 1.807) is 14.2 Å². The molecule has 0 amide bonds. The smallest absolute Gasteiger partial charge is 0.127 e. The second-order valence-electron chi connectivity index (χ2n) is 5.67. The maximum absolute atomic E-state index is 5.45. The lowest BCUT2D eigenvalue weighted by Crippen LogP contribution is -2.20. The predicted molar refractivity (Wildman–Crippen MR) is 84.7 cm³/mol. The molecule has 1 N–H and O–H groups in total. The number of unbranched alkanes of at least 4 members (excludes halogenated alkanes) is 1. The second kappa shape index (κ2) is 8.85. The molecule has 1 rings (SSSR count). The maximum atomic E-state index is 5.45. The van der Waals surface area contributed by atoms with Gasteiger partial charge in [0.1, 0.15) is 11.5 Å². The highest BCUT2D eigenvalue weighted by Crippen LogP contribution is 2.29. The van der Waals surface area contributed by atoms with Gasteiger partial charge in [-0.05, 0) is 31.9 Å². The predicted octanol–water partition coefficient (Wildman–Crippen LogP) is 4.18. The molecule has 1 aromatic carbocycles. The maximum Gasteiger partial charge on any atom is 0.127 e. The summed E-state index contributed by atoms with van der Waals surface area (Å²) in [5, 5.41) is 3.56. The fraction of sp³-hybridized carbons (Fsp3) is 0.647. The molecular formula is C17H29NO2. The van der Waals surface area contributed by atoms with Crippen LogP contribution < -0.4 is 14.8 Å². The Labute approximate surface area is 123 Å². The standard InChI is InChI=1S/C17H29NO2/c1-13(2)8-6-7-11-18-14(3)16-10-9-15(19-4)12-17(16)20-5/h9-10,12-14,18H,6-8,11H2,1-5H3. The third-order valence-electron chi connectivity index (χ3n) is 3.57. The summed E-state index contributed by atoms with van der Waals surface area (Å²) in [4.78, 5) is 0. The third-order valence-corrected chi connectivity index (χ3v) is 3.57. The van der Waals surface area contributed by atoms with Crippen molar-refractivity contribution < 1.29 is 9.47 Å². The molecule has 3 heteroatoms. The lowest BCUT2D eigenvalue weighted by molar-refractivity contribution is 0.385. The van der Waals surface area contributed by atoms with Crippen LogP contribution in [0.2, 0.25) is 0 Å². The van der Waals surface area contributed by atoms with E-state index in [0.29, 0.717) is 0 Å². The van der Waals surface area contributed by atoms with Gasteiger partial charge in [-0.3, -0.25) is 0 Å². The zero-order chi connectivity index (χ0) is 15.0. The first-order chi connectivity index (χ1) is 9.58. The molecule has 0 aliphatic rings. The Morgan fingerprint density at radius 3 is 2.40 bits per heavy atom. The molecule has 0 aromatic heterocycles. The van der Waals surface area contributed by atoms with Crippen molar-refractivity contribution >= 4 is 0 Å². The first-order valence-electron chi connectivity index (χ1n) is 7.53. The number of rotatable bonds is 9. The van der Waals surface area contributed by atoms with Gasteiger partial charge in [0.15, 0.2) is 0 Å². The van der Waals surface area contributed by atoms with Crippen LogP contribution >= 0.6 is 0 Å². The zero-order valence-electron chi connectivity index (χ0n) is 13.5. The van der Waals surface area contributed by atoms with Crippen molar-refractivity contribution in [3.63, 3.8) is 0 Å². The highest BCUT2D eigenvalue weighted by molar-refractivity contribution is 5.42. The fourth-order valence-corrected chi connectivity index (χ4v) is 2.28. The average Bonchev–Trinajstić information content (AvgIpc) is 2.45. The van der Waals surface area contributed by atoms with Crippen LogP contribution in [0.15, 0.2) is 18.2 Å². The lowest BCUT2D eigenvalue weighted by atomic mass is 10.1. The molecule has 0 saturated heterocycles. The molecule has 1 aromatic rings. The molecule has 0 spiro atoms. The summed E-state index contributed by atoms with van der Waals surface area (Å²) >= 11 is 0. The molecule has 3 nitrogen and oxygen atoms in total. The van der Waals surface area contributed by atoms with Crippen molar-refractivity contribution in [3.8, 4) is 11.5 Å². The minimum atomic E-state index is 0.287. The van der Waals surface area contributed by atoms with Crippen molar-refractivity contribution in [2.45, 2.75) is 46.1 Å². The third kappa shape index (κ3) is 5.41. The fourth-order valence-electron chi connectivity index (χ4n) is 2.28. The summed E-state index contributed by atoms with van der Waals surface area (Å²) in [7, 11) is 3.37. The Bertz CT molecular complexity index is 391. The van der Waals surface area contributed by atoms with Gasteiger partial charge in [-0.2, -0.15) is 0 Å². The van der Waals surface area contributed by atoms with Crippen molar-refractivity contribution in [2.75, 3.05) is 20.8 Å². The average molecular weight is 279 g/mol. The largest absolute Gasteiger partial charge is 0.497 e. The molecule has 20 heavy (non-hydrogen) atoms. The van der Waals surface area contributed by atoms with E-state index in [-0.39, 0.29) is 6.04 Å². The molecule has 0 aliphatic carbocycles. The molecule has 0 saturated carbocycles. The van der Waals surface area contributed by atoms with Gasteiger partial charge in [0.25, 0.3) is 0 Å². The molecule has 0 radical (unpaired) electrons. The van der Waals surface area contributed by atoms with Crippen LogP contribution in [-0.2, 0) is 0 Å². The van der Waals surface area contributed by atoms with Crippen molar-refractivity contribution in [2.24, 2.45) is 5.92 Å². The molecule has 114 valence electrons. The van der Waals surface area contributed by atoms with E-state index in [0.717, 1.165) is 24.0 Å². The van der Waals surface area contributed by atoms with E-state index < -0.39 is 0 Å². The van der Waals surface area contributed by atoms with Crippen LogP contribution in [-0.4, -0.2) is 20.8 Å². The lowest BCUT2D eigenvalue weighted by Gasteiger charge is -2.18. The van der Waals surface area contributed by atoms with Crippen molar-refractivity contribution in [1.29, 1.82) is 0 Å². The minimum absolute atomic E-state index is 0.287. The van der Waals surface area contributed by atoms with Crippen LogP contribution in [0, 0.1) is 5.92 Å². The summed E-state index contributed by atoms with van der Waals surface area (Å²) in [6.45, 7) is 7.77. The quantitative estimate of drug-likeness (QED) is 0.688. The van der Waals surface area contributed by atoms with E-state index in [2.05, 4.69) is 32.2 Å². The van der Waals surface area contributed by atoms with E-state index in [4.69, 9.17) is 9.47 Å². The van der Waals surface area contributed by atoms with Crippen LogP contribution in [0.1, 0.15) is 51.6 Å². The number of hydrogen-bond donors (Lipinski definition) is 1. The Kier molecular flexibility index (Phi) is 7.45. The number of benzene rings is 1. The number of hydrogen-bond acceptors (Lipinski definition) is 3. The molecule has 1 unspecified atom stereocenters. The second-order valence-corrected chi connectivity index (χ2v) is 5.67. The molecule has 0 bridgehead atoms. The molecule has 1 atom stereocenters. The molecule has 0 fully saturated rings. The van der Waals surface area contributed by atoms with Gasteiger partial charge in [-0.15, -0.1) is 0 Å². The van der Waals surface area contributed by atoms with Crippen molar-refractivity contribution in [3.05, 3.63) is 23.8 Å². The van der Waals surface area contributed by atoms with Gasteiger partial charge in [0, 0.05) is 17.7 Å². The summed E-state index contributed by atoms with van der Waals surface area (Å²) < 4.78 is 10.7. The van der Waals surface area contributed by atoms with Gasteiger partial charge >= 0.3 is 0 Å². The number of methoxy groups -OCH3 is 2. The van der Waals surface area contributed by atoms with E-state index in [9.17, 15) is 0 Å². The monoisotopic (exact) mass is 279 g/mol.